The summed E-state index contributed by atoms with van der Waals surface area (Å²) in [5, 5.41) is 21.4. The van der Waals surface area contributed by atoms with Crippen LogP contribution >= 0.6 is 0 Å². The van der Waals surface area contributed by atoms with Crippen LogP contribution in [0.2, 0.25) is 0 Å². The lowest BCUT2D eigenvalue weighted by atomic mass is 10.1. The lowest BCUT2D eigenvalue weighted by molar-refractivity contribution is 0.282. The maximum atomic E-state index is 9.35. The summed E-state index contributed by atoms with van der Waals surface area (Å²) in [5.74, 6) is 0.312. The average Bonchev–Trinajstić information content (AvgIpc) is 2.28. The van der Waals surface area contributed by atoms with Crippen LogP contribution in [-0.4, -0.2) is 23.4 Å². The van der Waals surface area contributed by atoms with E-state index in [-0.39, 0.29) is 12.6 Å². The highest BCUT2D eigenvalue weighted by molar-refractivity contribution is 5.28. The number of hydrogen-bond acceptors (Lipinski definition) is 3. The van der Waals surface area contributed by atoms with Crippen LogP contribution in [0.25, 0.3) is 0 Å². The van der Waals surface area contributed by atoms with Crippen molar-refractivity contribution in [3.63, 3.8) is 0 Å². The van der Waals surface area contributed by atoms with Crippen molar-refractivity contribution in [1.29, 1.82) is 0 Å². The quantitative estimate of drug-likeness (QED) is 0.621. The third-order valence-corrected chi connectivity index (χ3v) is 2.66. The number of hydrogen-bond donors (Lipinski definition) is 3. The zero-order valence-electron chi connectivity index (χ0n) is 9.82. The van der Waals surface area contributed by atoms with Crippen molar-refractivity contribution < 1.29 is 10.2 Å². The van der Waals surface area contributed by atoms with Gasteiger partial charge in [0.05, 0.1) is 0 Å². The summed E-state index contributed by atoms with van der Waals surface area (Å²) in [7, 11) is 0. The van der Waals surface area contributed by atoms with E-state index in [0.717, 1.165) is 31.4 Å². The van der Waals surface area contributed by atoms with E-state index in [1.807, 2.05) is 12.1 Å². The molecule has 3 heteroatoms. The van der Waals surface area contributed by atoms with Crippen molar-refractivity contribution in [3.05, 3.63) is 29.8 Å². The molecule has 0 fully saturated rings. The number of aliphatic hydroxyl groups is 1. The molecule has 0 heterocycles. The highest BCUT2D eigenvalue weighted by Gasteiger charge is 2.04. The minimum absolute atomic E-state index is 0.251. The van der Waals surface area contributed by atoms with E-state index in [2.05, 4.69) is 12.2 Å². The number of benzene rings is 1. The molecule has 3 nitrogen and oxygen atoms in total. The molecule has 1 aromatic rings. The fraction of sp³-hybridized carbons (Fsp3) is 0.538. The van der Waals surface area contributed by atoms with E-state index in [4.69, 9.17) is 5.11 Å². The van der Waals surface area contributed by atoms with Gasteiger partial charge in [-0.25, -0.2) is 0 Å². The van der Waals surface area contributed by atoms with Gasteiger partial charge in [-0.1, -0.05) is 12.1 Å². The first kappa shape index (κ1) is 13.0. The summed E-state index contributed by atoms with van der Waals surface area (Å²) in [6.45, 7) is 3.31. The van der Waals surface area contributed by atoms with Gasteiger partial charge in [0.2, 0.25) is 0 Å². The van der Waals surface area contributed by atoms with E-state index in [1.165, 1.54) is 0 Å². The van der Waals surface area contributed by atoms with E-state index >= 15 is 0 Å². The van der Waals surface area contributed by atoms with Gasteiger partial charge in [0.15, 0.2) is 0 Å². The van der Waals surface area contributed by atoms with Gasteiger partial charge in [0, 0.05) is 12.6 Å². The summed E-state index contributed by atoms with van der Waals surface area (Å²) in [5.41, 5.74) is 1.10. The normalized spacial score (nSPS) is 12.6. The second kappa shape index (κ2) is 7.25. The van der Waals surface area contributed by atoms with Crippen LogP contribution in [0.4, 0.5) is 0 Å². The van der Waals surface area contributed by atoms with Crippen molar-refractivity contribution >= 4 is 0 Å². The van der Waals surface area contributed by atoms with Crippen LogP contribution in [0, 0.1) is 0 Å². The van der Waals surface area contributed by atoms with E-state index < -0.39 is 0 Å². The Labute approximate surface area is 97.1 Å². The van der Waals surface area contributed by atoms with Crippen molar-refractivity contribution in [3.8, 4) is 5.75 Å². The predicted molar refractivity (Wildman–Crippen MR) is 65.5 cm³/mol. The Bertz CT molecular complexity index is 302. The first-order valence-corrected chi connectivity index (χ1v) is 5.87. The molecule has 0 amide bonds. The zero-order valence-corrected chi connectivity index (χ0v) is 9.82. The molecule has 1 rings (SSSR count). The number of rotatable bonds is 7. The topological polar surface area (TPSA) is 52.5 Å². The van der Waals surface area contributed by atoms with Crippen LogP contribution < -0.4 is 5.32 Å². The van der Waals surface area contributed by atoms with Crippen LogP contribution in [0.5, 0.6) is 5.75 Å². The largest absolute Gasteiger partial charge is 0.508 e. The third kappa shape index (κ3) is 4.64. The minimum atomic E-state index is 0.251. The van der Waals surface area contributed by atoms with E-state index in [9.17, 15) is 5.11 Å². The summed E-state index contributed by atoms with van der Waals surface area (Å²) in [6, 6.07) is 7.57. The molecule has 1 atom stereocenters. The van der Waals surface area contributed by atoms with Crippen molar-refractivity contribution in [2.75, 3.05) is 13.2 Å². The van der Waals surface area contributed by atoms with Gasteiger partial charge in [-0.15, -0.1) is 0 Å². The highest BCUT2D eigenvalue weighted by Crippen LogP contribution is 2.17. The van der Waals surface area contributed by atoms with Gasteiger partial charge in [0.1, 0.15) is 5.75 Å². The lowest BCUT2D eigenvalue weighted by Gasteiger charge is -2.14. The monoisotopic (exact) mass is 223 g/mol. The molecule has 3 N–H and O–H groups in total. The second-order valence-corrected chi connectivity index (χ2v) is 4.06. The molecule has 0 bridgehead atoms. The fourth-order valence-electron chi connectivity index (χ4n) is 1.64. The molecule has 0 spiro atoms. The number of aromatic hydroxyl groups is 1. The predicted octanol–water partition coefficient (Wildman–Crippen LogP) is 2.21. The number of phenolic OH excluding ortho intramolecular Hbond substituents is 1. The van der Waals surface area contributed by atoms with Crippen molar-refractivity contribution in [1.82, 2.24) is 5.32 Å². The highest BCUT2D eigenvalue weighted by atomic mass is 16.3. The Kier molecular flexibility index (Phi) is 5.90. The number of unbranched alkanes of at least 4 members (excludes halogenated alkanes) is 2. The molecule has 0 aromatic heterocycles. The van der Waals surface area contributed by atoms with Crippen LogP contribution in [0.3, 0.4) is 0 Å². The molecular weight excluding hydrogens is 202 g/mol. The maximum Gasteiger partial charge on any atom is 0.115 e. The second-order valence-electron chi connectivity index (χ2n) is 4.06. The molecule has 1 unspecified atom stereocenters. The Morgan fingerprint density at radius 3 is 2.75 bits per heavy atom. The SMILES string of the molecule is CC(NCCCCCO)c1cccc(O)c1. The minimum Gasteiger partial charge on any atom is -0.508 e. The zero-order chi connectivity index (χ0) is 11.8. The van der Waals surface area contributed by atoms with Crippen LogP contribution in [0.15, 0.2) is 24.3 Å². The van der Waals surface area contributed by atoms with Gasteiger partial charge in [0.25, 0.3) is 0 Å². The van der Waals surface area contributed by atoms with Crippen LogP contribution in [0.1, 0.15) is 37.8 Å². The summed E-state index contributed by atoms with van der Waals surface area (Å²) < 4.78 is 0. The fourth-order valence-corrected chi connectivity index (χ4v) is 1.64. The summed E-state index contributed by atoms with van der Waals surface area (Å²) >= 11 is 0. The first-order valence-electron chi connectivity index (χ1n) is 5.87. The van der Waals surface area contributed by atoms with E-state index in [0.29, 0.717) is 5.75 Å². The van der Waals surface area contributed by atoms with Gasteiger partial charge >= 0.3 is 0 Å². The number of nitrogens with one attached hydrogen (secondary N) is 1. The average molecular weight is 223 g/mol. The Hall–Kier alpha value is -1.06. The molecule has 16 heavy (non-hydrogen) atoms. The Balaban J connectivity index is 2.27. The van der Waals surface area contributed by atoms with Gasteiger partial charge in [-0.3, -0.25) is 0 Å². The smallest absolute Gasteiger partial charge is 0.115 e. The van der Waals surface area contributed by atoms with Gasteiger partial charge in [-0.2, -0.15) is 0 Å². The molecular formula is C13H21NO2. The molecule has 0 aliphatic carbocycles. The third-order valence-electron chi connectivity index (χ3n) is 2.66. The standard InChI is InChI=1S/C13H21NO2/c1-11(14-8-3-2-4-9-15)12-6-5-7-13(16)10-12/h5-7,10-11,14-16H,2-4,8-9H2,1H3. The van der Waals surface area contributed by atoms with Crippen molar-refractivity contribution in [2.24, 2.45) is 0 Å². The van der Waals surface area contributed by atoms with Gasteiger partial charge in [-0.05, 0) is 50.4 Å². The molecule has 90 valence electrons. The lowest BCUT2D eigenvalue weighted by Crippen LogP contribution is -2.19. The van der Waals surface area contributed by atoms with E-state index in [1.54, 1.807) is 12.1 Å². The first-order chi connectivity index (χ1) is 7.74. The molecule has 0 saturated heterocycles. The Morgan fingerprint density at radius 1 is 1.25 bits per heavy atom. The molecule has 0 saturated carbocycles. The Morgan fingerprint density at radius 2 is 2.06 bits per heavy atom. The molecule has 0 aliphatic heterocycles. The summed E-state index contributed by atoms with van der Waals surface area (Å²) in [4.78, 5) is 0. The number of aliphatic hydroxyl groups excluding tert-OH is 1. The van der Waals surface area contributed by atoms with Crippen LogP contribution in [-0.2, 0) is 0 Å². The number of phenols is 1. The van der Waals surface area contributed by atoms with Gasteiger partial charge < -0.3 is 15.5 Å². The molecule has 1 aromatic carbocycles. The molecule has 0 aliphatic rings. The summed E-state index contributed by atoms with van der Waals surface area (Å²) in [6.07, 6.45) is 3.00. The maximum absolute atomic E-state index is 9.35. The molecule has 0 radical (unpaired) electrons. The van der Waals surface area contributed by atoms with Crippen molar-refractivity contribution in [2.45, 2.75) is 32.2 Å².